The van der Waals surface area contributed by atoms with E-state index in [1.165, 1.54) is 18.2 Å². The van der Waals surface area contributed by atoms with Gasteiger partial charge in [-0.3, -0.25) is 10.1 Å². The average molecular weight is 590 g/mol. The minimum absolute atomic E-state index is 0.0582. The van der Waals surface area contributed by atoms with Crippen LogP contribution in [-0.4, -0.2) is 73.7 Å². The van der Waals surface area contributed by atoms with Crippen LogP contribution in [0.25, 0.3) is 10.9 Å². The molecule has 1 fully saturated rings. The van der Waals surface area contributed by atoms with E-state index in [0.717, 1.165) is 0 Å². The molecule has 1 aliphatic heterocycles. The Hall–Kier alpha value is -2.15. The summed E-state index contributed by atoms with van der Waals surface area (Å²) in [5.41, 5.74) is 0.541. The lowest BCUT2D eigenvalue weighted by atomic mass is 10.1. The van der Waals surface area contributed by atoms with Crippen LogP contribution >= 0.6 is 27.5 Å². The molecule has 10 nitrogen and oxygen atoms in total. The van der Waals surface area contributed by atoms with E-state index in [1.54, 1.807) is 6.07 Å². The molecule has 1 aromatic carbocycles. The number of fused-ring (bicyclic) bond motifs is 1. The van der Waals surface area contributed by atoms with Gasteiger partial charge in [-0.05, 0) is 40.1 Å². The summed E-state index contributed by atoms with van der Waals surface area (Å²) in [6.07, 6.45) is 0.174. The first-order chi connectivity index (χ1) is 16.2. The van der Waals surface area contributed by atoms with Crippen molar-refractivity contribution in [1.29, 1.82) is 0 Å². The minimum atomic E-state index is -2.18. The zero-order chi connectivity index (χ0) is 26.3. The molecule has 0 unspecified atom stereocenters. The molecule has 1 amide bonds. The Morgan fingerprint density at radius 2 is 2.06 bits per heavy atom. The van der Waals surface area contributed by atoms with Gasteiger partial charge in [-0.2, -0.15) is 0 Å². The van der Waals surface area contributed by atoms with Crippen molar-refractivity contribution >= 4 is 64.2 Å². The third kappa shape index (κ3) is 5.35. The Morgan fingerprint density at radius 1 is 1.40 bits per heavy atom. The highest BCUT2D eigenvalue weighted by atomic mass is 79.9. The fourth-order valence-electron chi connectivity index (χ4n) is 3.84. The second kappa shape index (κ2) is 10.1. The van der Waals surface area contributed by atoms with Crippen LogP contribution in [0.2, 0.25) is 23.2 Å². The lowest BCUT2D eigenvalue weighted by Crippen LogP contribution is -2.58. The van der Waals surface area contributed by atoms with E-state index < -0.39 is 25.4 Å². The maximum atomic E-state index is 12.1. The van der Waals surface area contributed by atoms with Gasteiger partial charge in [-0.15, -0.1) is 0 Å². The lowest BCUT2D eigenvalue weighted by Gasteiger charge is -2.44. The first-order valence-corrected chi connectivity index (χ1v) is 15.1. The maximum Gasteiger partial charge on any atom is 0.407 e. The number of hydrogen-bond acceptors (Lipinski definition) is 7. The normalized spacial score (nSPS) is 17.1. The number of hydrogen-bond donors (Lipinski definition) is 1. The molecule has 0 bridgehead atoms. The third-order valence-electron chi connectivity index (χ3n) is 6.85. The van der Waals surface area contributed by atoms with Gasteiger partial charge in [0.2, 0.25) is 0 Å². The number of amides is 1. The Morgan fingerprint density at radius 3 is 2.60 bits per heavy atom. The number of halogens is 2. The van der Waals surface area contributed by atoms with Crippen LogP contribution in [0.1, 0.15) is 20.8 Å². The van der Waals surface area contributed by atoms with Crippen molar-refractivity contribution in [2.75, 3.05) is 38.3 Å². The molecule has 2 aromatic rings. The molecular formula is C22H30BrClN4O6Si. The van der Waals surface area contributed by atoms with Gasteiger partial charge in [0.15, 0.2) is 8.32 Å². The van der Waals surface area contributed by atoms with Crippen LogP contribution in [0.15, 0.2) is 16.7 Å². The Kier molecular flexibility index (Phi) is 7.90. The van der Waals surface area contributed by atoms with Crippen molar-refractivity contribution in [2.45, 2.75) is 44.9 Å². The number of carbonyl (C=O) groups is 1. The van der Waals surface area contributed by atoms with Gasteiger partial charge in [-0.25, -0.2) is 9.78 Å². The summed E-state index contributed by atoms with van der Waals surface area (Å²) >= 11 is 9.88. The van der Waals surface area contributed by atoms with E-state index in [1.807, 2.05) is 4.90 Å². The van der Waals surface area contributed by atoms with Crippen molar-refractivity contribution in [3.05, 3.63) is 31.9 Å². The monoisotopic (exact) mass is 588 g/mol. The highest BCUT2D eigenvalue weighted by Gasteiger charge is 2.41. The zero-order valence-electron chi connectivity index (χ0n) is 20.6. The molecule has 1 atom stereocenters. The first kappa shape index (κ1) is 27.4. The SMILES string of the molecule is COc1c(Cl)c(Br)cc2ncc([N+](=O)[O-])c(N3CCN(C(=O)O)C[C@@H]3CO[Si](C)(C)C(C)(C)C)c12. The number of methoxy groups -OCH3 is 1. The van der Waals surface area contributed by atoms with E-state index >= 15 is 0 Å². The van der Waals surface area contributed by atoms with Gasteiger partial charge >= 0.3 is 11.8 Å². The first-order valence-electron chi connectivity index (χ1n) is 11.1. The number of carboxylic acid groups (broad SMARTS) is 1. The van der Waals surface area contributed by atoms with Crippen LogP contribution in [0.5, 0.6) is 5.75 Å². The van der Waals surface area contributed by atoms with Gasteiger partial charge in [0.1, 0.15) is 17.6 Å². The molecule has 1 N–H and O–H groups in total. The van der Waals surface area contributed by atoms with E-state index in [4.69, 9.17) is 20.8 Å². The predicted molar refractivity (Wildman–Crippen MR) is 142 cm³/mol. The number of pyridine rings is 1. The Bertz CT molecular complexity index is 1160. The summed E-state index contributed by atoms with van der Waals surface area (Å²) in [5.74, 6) is 0.256. The molecule has 13 heteroatoms. The van der Waals surface area contributed by atoms with E-state index in [-0.39, 0.29) is 47.7 Å². The number of nitrogens with zero attached hydrogens (tertiary/aromatic N) is 4. The highest BCUT2D eigenvalue weighted by Crippen LogP contribution is 2.47. The van der Waals surface area contributed by atoms with Gasteiger partial charge < -0.3 is 24.1 Å². The number of ether oxygens (including phenoxy) is 1. The van der Waals surface area contributed by atoms with E-state index in [9.17, 15) is 20.0 Å². The van der Waals surface area contributed by atoms with Crippen molar-refractivity contribution in [3.8, 4) is 5.75 Å². The minimum Gasteiger partial charge on any atom is -0.494 e. The molecule has 1 aromatic heterocycles. The average Bonchev–Trinajstić information content (AvgIpc) is 2.77. The molecule has 1 saturated heterocycles. The summed E-state index contributed by atoms with van der Waals surface area (Å²) in [6.45, 7) is 11.3. The molecule has 2 heterocycles. The topological polar surface area (TPSA) is 118 Å². The smallest absolute Gasteiger partial charge is 0.407 e. The summed E-state index contributed by atoms with van der Waals surface area (Å²) in [6, 6.07) is 1.22. The van der Waals surface area contributed by atoms with Gasteiger partial charge in [-0.1, -0.05) is 32.4 Å². The number of aromatic nitrogens is 1. The Balaban J connectivity index is 2.20. The molecule has 0 radical (unpaired) electrons. The van der Waals surface area contributed by atoms with Crippen LogP contribution in [0.4, 0.5) is 16.2 Å². The maximum absolute atomic E-state index is 12.1. The zero-order valence-corrected chi connectivity index (χ0v) is 23.9. The molecule has 1 aliphatic rings. The quantitative estimate of drug-likeness (QED) is 0.257. The fourth-order valence-corrected chi connectivity index (χ4v) is 5.51. The number of piperazine rings is 1. The Labute approximate surface area is 218 Å². The summed E-state index contributed by atoms with van der Waals surface area (Å²) in [4.78, 5) is 30.9. The fraction of sp³-hybridized carbons (Fsp3) is 0.545. The number of anilines is 1. The predicted octanol–water partition coefficient (Wildman–Crippen LogP) is 5.76. The largest absolute Gasteiger partial charge is 0.494 e. The highest BCUT2D eigenvalue weighted by molar-refractivity contribution is 9.10. The second-order valence-electron chi connectivity index (χ2n) is 10.00. The summed E-state index contributed by atoms with van der Waals surface area (Å²) in [5, 5.41) is 22.4. The van der Waals surface area contributed by atoms with Crippen molar-refractivity contribution < 1.29 is 24.0 Å². The van der Waals surface area contributed by atoms with Gasteiger partial charge in [0.05, 0.1) is 40.6 Å². The van der Waals surface area contributed by atoms with Crippen LogP contribution in [-0.2, 0) is 4.43 Å². The van der Waals surface area contributed by atoms with Crippen LogP contribution in [0.3, 0.4) is 0 Å². The molecule has 0 aliphatic carbocycles. The number of rotatable bonds is 6. The van der Waals surface area contributed by atoms with Crippen molar-refractivity contribution in [2.24, 2.45) is 0 Å². The summed E-state index contributed by atoms with van der Waals surface area (Å²) in [7, 11) is -0.742. The van der Waals surface area contributed by atoms with E-state index in [2.05, 4.69) is 54.8 Å². The third-order valence-corrected chi connectivity index (χ3v) is 12.6. The summed E-state index contributed by atoms with van der Waals surface area (Å²) < 4.78 is 12.6. The van der Waals surface area contributed by atoms with Crippen molar-refractivity contribution in [3.63, 3.8) is 0 Å². The molecular weight excluding hydrogens is 560 g/mol. The molecule has 0 spiro atoms. The molecule has 35 heavy (non-hydrogen) atoms. The van der Waals surface area contributed by atoms with Crippen LogP contribution < -0.4 is 9.64 Å². The number of nitro groups is 1. The molecule has 192 valence electrons. The lowest BCUT2D eigenvalue weighted by molar-refractivity contribution is -0.384. The standard InChI is InChI=1S/C22H30BrClN4O6Si/c1-22(2,3)35(5,6)34-12-13-11-26(21(29)30)7-8-27(13)19-16(28(31)32)10-25-15-9-14(23)18(24)20(33-4)17(15)19/h9-10,13H,7-8,11-12H2,1-6H3,(H,29,30)/t13-/m1/s1. The van der Waals surface area contributed by atoms with Crippen LogP contribution in [0, 0.1) is 10.1 Å². The second-order valence-corrected chi connectivity index (χ2v) is 16.0. The molecule has 3 rings (SSSR count). The van der Waals surface area contributed by atoms with E-state index in [0.29, 0.717) is 21.1 Å². The van der Waals surface area contributed by atoms with Gasteiger partial charge in [0, 0.05) is 24.1 Å². The van der Waals surface area contributed by atoms with Crippen molar-refractivity contribution in [1.82, 2.24) is 9.88 Å². The van der Waals surface area contributed by atoms with Gasteiger partial charge in [0.25, 0.3) is 0 Å². The molecule has 0 saturated carbocycles. The number of benzene rings is 1.